The van der Waals surface area contributed by atoms with E-state index < -0.39 is 28.9 Å². The Balaban J connectivity index is 2.75. The predicted molar refractivity (Wildman–Crippen MR) is 63.2 cm³/mol. The van der Waals surface area contributed by atoms with Crippen LogP contribution in [0.3, 0.4) is 0 Å². The van der Waals surface area contributed by atoms with E-state index in [9.17, 15) is 26.0 Å². The van der Waals surface area contributed by atoms with Gasteiger partial charge in [0.05, 0.1) is 6.54 Å². The van der Waals surface area contributed by atoms with Gasteiger partial charge >= 0.3 is 12.3 Å². The molecule has 0 atom stereocenters. The minimum absolute atomic E-state index is 0.192. The molecule has 1 rings (SSSR count). The SMILES string of the molecule is CNCc1ccc(S(=O)(=O)NCC(F)(F)C(F)F)s1. The number of hydrogen-bond donors (Lipinski definition) is 2. The molecule has 2 N–H and O–H groups in total. The van der Waals surface area contributed by atoms with Crippen LogP contribution >= 0.6 is 11.3 Å². The highest BCUT2D eigenvalue weighted by molar-refractivity contribution is 7.91. The summed E-state index contributed by atoms with van der Waals surface area (Å²) in [6.07, 6.45) is -3.92. The largest absolute Gasteiger partial charge is 0.320 e. The van der Waals surface area contributed by atoms with Crippen molar-refractivity contribution in [1.29, 1.82) is 0 Å². The van der Waals surface area contributed by atoms with E-state index in [4.69, 9.17) is 0 Å². The van der Waals surface area contributed by atoms with Crippen LogP contribution in [0.5, 0.6) is 0 Å². The topological polar surface area (TPSA) is 58.2 Å². The van der Waals surface area contributed by atoms with Gasteiger partial charge in [0.2, 0.25) is 10.0 Å². The highest BCUT2D eigenvalue weighted by Crippen LogP contribution is 2.24. The summed E-state index contributed by atoms with van der Waals surface area (Å²) in [5, 5.41) is 2.80. The van der Waals surface area contributed by atoms with Crippen molar-refractivity contribution >= 4 is 21.4 Å². The normalized spacial score (nSPS) is 13.2. The summed E-state index contributed by atoms with van der Waals surface area (Å²) in [5.41, 5.74) is 0. The smallest absolute Gasteiger partial charge is 0.315 e. The van der Waals surface area contributed by atoms with Gasteiger partial charge in [-0.25, -0.2) is 21.9 Å². The number of rotatable bonds is 7. The van der Waals surface area contributed by atoms with Crippen LogP contribution in [0.25, 0.3) is 0 Å². The van der Waals surface area contributed by atoms with Crippen molar-refractivity contribution in [2.75, 3.05) is 13.6 Å². The lowest BCUT2D eigenvalue weighted by Crippen LogP contribution is -2.41. The Morgan fingerprint density at radius 3 is 2.53 bits per heavy atom. The summed E-state index contributed by atoms with van der Waals surface area (Å²) in [5.74, 6) is -4.39. The first-order valence-electron chi connectivity index (χ1n) is 5.08. The first kappa shape index (κ1) is 16.3. The molecule has 10 heteroatoms. The van der Waals surface area contributed by atoms with Crippen molar-refractivity contribution in [3.05, 3.63) is 17.0 Å². The zero-order chi connectivity index (χ0) is 14.7. The summed E-state index contributed by atoms with van der Waals surface area (Å²) >= 11 is 0.878. The molecule has 0 aliphatic rings. The van der Waals surface area contributed by atoms with E-state index in [-0.39, 0.29) is 4.21 Å². The molecule has 0 bridgehead atoms. The van der Waals surface area contributed by atoms with Crippen LogP contribution in [0.4, 0.5) is 17.6 Å². The molecule has 0 amide bonds. The van der Waals surface area contributed by atoms with Crippen molar-refractivity contribution in [2.24, 2.45) is 0 Å². The van der Waals surface area contributed by atoms with Crippen molar-refractivity contribution in [2.45, 2.75) is 23.1 Å². The van der Waals surface area contributed by atoms with Crippen LogP contribution in [0, 0.1) is 0 Å². The minimum atomic E-state index is -4.39. The van der Waals surface area contributed by atoms with E-state index in [2.05, 4.69) is 5.32 Å². The summed E-state index contributed by atoms with van der Waals surface area (Å²) in [7, 11) is -2.54. The number of sulfonamides is 1. The van der Waals surface area contributed by atoms with Gasteiger partial charge in [-0.15, -0.1) is 11.3 Å². The molecule has 4 nitrogen and oxygen atoms in total. The molecule has 0 fully saturated rings. The second-order valence-electron chi connectivity index (χ2n) is 3.64. The Labute approximate surface area is 111 Å². The Kier molecular flexibility index (Phi) is 5.30. The Morgan fingerprint density at radius 1 is 1.37 bits per heavy atom. The maximum atomic E-state index is 12.6. The predicted octanol–water partition coefficient (Wildman–Crippen LogP) is 1.65. The highest BCUT2D eigenvalue weighted by Gasteiger charge is 2.41. The van der Waals surface area contributed by atoms with Crippen LogP contribution < -0.4 is 10.0 Å². The first-order valence-corrected chi connectivity index (χ1v) is 7.38. The Bertz CT molecular complexity index is 516. The van der Waals surface area contributed by atoms with Gasteiger partial charge in [-0.3, -0.25) is 0 Å². The molecule has 0 aromatic carbocycles. The molecule has 1 aromatic heterocycles. The number of halogens is 4. The minimum Gasteiger partial charge on any atom is -0.315 e. The second-order valence-corrected chi connectivity index (χ2v) is 6.80. The van der Waals surface area contributed by atoms with Gasteiger partial charge < -0.3 is 5.32 Å². The molecule has 0 spiro atoms. The number of alkyl halides is 4. The van der Waals surface area contributed by atoms with E-state index in [0.717, 1.165) is 11.3 Å². The van der Waals surface area contributed by atoms with Crippen LogP contribution in [0.1, 0.15) is 4.88 Å². The second kappa shape index (κ2) is 6.16. The van der Waals surface area contributed by atoms with Gasteiger partial charge in [0, 0.05) is 11.4 Å². The summed E-state index contributed by atoms with van der Waals surface area (Å²) in [6, 6.07) is 2.75. The van der Waals surface area contributed by atoms with Crippen LogP contribution in [0.2, 0.25) is 0 Å². The van der Waals surface area contributed by atoms with Crippen molar-refractivity contribution in [3.8, 4) is 0 Å². The third-order valence-corrected chi connectivity index (χ3v) is 5.05. The Hall–Kier alpha value is -0.710. The molecular formula is C9H12F4N2O2S2. The number of hydrogen-bond acceptors (Lipinski definition) is 4. The lowest BCUT2D eigenvalue weighted by atomic mass is 10.4. The Morgan fingerprint density at radius 2 is 2.00 bits per heavy atom. The van der Waals surface area contributed by atoms with Gasteiger partial charge in [0.15, 0.2) is 0 Å². The molecule has 110 valence electrons. The fourth-order valence-electron chi connectivity index (χ4n) is 1.11. The zero-order valence-electron chi connectivity index (χ0n) is 9.79. The fraction of sp³-hybridized carbons (Fsp3) is 0.556. The van der Waals surface area contributed by atoms with Gasteiger partial charge in [-0.05, 0) is 19.2 Å². The molecular weight excluding hydrogens is 308 g/mol. The summed E-state index contributed by atoms with van der Waals surface area (Å²) in [4.78, 5) is 0.684. The van der Waals surface area contributed by atoms with Gasteiger partial charge in [-0.1, -0.05) is 0 Å². The van der Waals surface area contributed by atoms with Crippen LogP contribution in [-0.2, 0) is 16.6 Å². The third kappa shape index (κ3) is 4.41. The van der Waals surface area contributed by atoms with Crippen molar-refractivity contribution in [1.82, 2.24) is 10.0 Å². The quantitative estimate of drug-likeness (QED) is 0.751. The van der Waals surface area contributed by atoms with E-state index in [1.165, 1.54) is 16.9 Å². The van der Waals surface area contributed by atoms with E-state index in [0.29, 0.717) is 11.4 Å². The lowest BCUT2D eigenvalue weighted by Gasteiger charge is -2.15. The molecule has 0 radical (unpaired) electrons. The van der Waals surface area contributed by atoms with E-state index >= 15 is 0 Å². The molecule has 0 aliphatic carbocycles. The molecule has 19 heavy (non-hydrogen) atoms. The zero-order valence-corrected chi connectivity index (χ0v) is 11.4. The fourth-order valence-corrected chi connectivity index (χ4v) is 3.57. The van der Waals surface area contributed by atoms with E-state index in [1.807, 2.05) is 0 Å². The maximum Gasteiger partial charge on any atom is 0.320 e. The van der Waals surface area contributed by atoms with Gasteiger partial charge in [-0.2, -0.15) is 8.78 Å². The molecule has 1 aromatic rings. The van der Waals surface area contributed by atoms with Crippen molar-refractivity contribution < 1.29 is 26.0 Å². The summed E-state index contributed by atoms with van der Waals surface area (Å²) in [6.45, 7) is -1.21. The number of thiophene rings is 1. The maximum absolute atomic E-state index is 12.6. The standard InChI is InChI=1S/C9H12F4N2O2S2/c1-14-4-6-2-3-7(18-6)19(16,17)15-5-9(12,13)8(10)11/h2-3,8,14-15H,4-5H2,1H3. The summed E-state index contributed by atoms with van der Waals surface area (Å²) < 4.78 is 73.6. The lowest BCUT2D eigenvalue weighted by molar-refractivity contribution is -0.122. The van der Waals surface area contributed by atoms with Gasteiger partial charge in [0.25, 0.3) is 0 Å². The van der Waals surface area contributed by atoms with Gasteiger partial charge in [0.1, 0.15) is 4.21 Å². The third-order valence-electron chi connectivity index (χ3n) is 2.07. The highest BCUT2D eigenvalue weighted by atomic mass is 32.2. The van der Waals surface area contributed by atoms with Crippen LogP contribution in [-0.4, -0.2) is 34.4 Å². The monoisotopic (exact) mass is 320 g/mol. The molecule has 0 saturated carbocycles. The van der Waals surface area contributed by atoms with E-state index in [1.54, 1.807) is 7.05 Å². The average molecular weight is 320 g/mol. The molecule has 1 heterocycles. The molecule has 0 unspecified atom stereocenters. The molecule has 0 saturated heterocycles. The van der Waals surface area contributed by atoms with Crippen molar-refractivity contribution in [3.63, 3.8) is 0 Å². The first-order chi connectivity index (χ1) is 8.69. The molecule has 0 aliphatic heterocycles. The number of nitrogens with one attached hydrogen (secondary N) is 2. The van der Waals surface area contributed by atoms with Crippen LogP contribution in [0.15, 0.2) is 16.3 Å². The average Bonchev–Trinajstić information content (AvgIpc) is 2.76.